The summed E-state index contributed by atoms with van der Waals surface area (Å²) in [6.07, 6.45) is -0.646. The summed E-state index contributed by atoms with van der Waals surface area (Å²) in [6.45, 7) is 3.64. The van der Waals surface area contributed by atoms with Crippen molar-refractivity contribution in [3.05, 3.63) is 60.3 Å². The van der Waals surface area contributed by atoms with Gasteiger partial charge in [-0.3, -0.25) is 10.1 Å². The average Bonchev–Trinajstić information content (AvgIpc) is 3.03. The van der Waals surface area contributed by atoms with Crippen molar-refractivity contribution < 1.29 is 14.3 Å². The number of anilines is 1. The number of ether oxygens (including phenoxy) is 2. The molecule has 2 aromatic carbocycles. The third-order valence-electron chi connectivity index (χ3n) is 3.80. The fourth-order valence-corrected chi connectivity index (χ4v) is 3.40. The molecule has 3 rings (SSSR count). The highest BCUT2D eigenvalue weighted by atomic mass is 32.1. The van der Waals surface area contributed by atoms with Gasteiger partial charge >= 0.3 is 0 Å². The second-order valence-electron chi connectivity index (χ2n) is 5.72. The third kappa shape index (κ3) is 4.21. The average molecular weight is 368 g/mol. The largest absolute Gasteiger partial charge is 0.497 e. The minimum absolute atomic E-state index is 0.242. The van der Waals surface area contributed by atoms with E-state index >= 15 is 0 Å². The highest BCUT2D eigenvalue weighted by Crippen LogP contribution is 2.32. The van der Waals surface area contributed by atoms with Gasteiger partial charge in [0.2, 0.25) is 0 Å². The van der Waals surface area contributed by atoms with Crippen LogP contribution in [0.2, 0.25) is 0 Å². The Labute approximate surface area is 156 Å². The van der Waals surface area contributed by atoms with Crippen LogP contribution in [-0.2, 0) is 4.79 Å². The molecular weight excluding hydrogens is 348 g/mol. The van der Waals surface area contributed by atoms with Crippen LogP contribution in [0.15, 0.2) is 54.6 Å². The first-order chi connectivity index (χ1) is 12.6. The molecule has 0 spiro atoms. The highest BCUT2D eigenvalue weighted by Gasteiger charge is 2.18. The van der Waals surface area contributed by atoms with E-state index in [1.54, 1.807) is 38.3 Å². The van der Waals surface area contributed by atoms with Gasteiger partial charge in [-0.05, 0) is 43.7 Å². The van der Waals surface area contributed by atoms with E-state index in [1.807, 2.05) is 37.3 Å². The van der Waals surface area contributed by atoms with Crippen molar-refractivity contribution in [1.29, 1.82) is 0 Å². The summed E-state index contributed by atoms with van der Waals surface area (Å²) in [4.78, 5) is 17.9. The van der Waals surface area contributed by atoms with Crippen LogP contribution < -0.4 is 14.8 Å². The van der Waals surface area contributed by atoms with Crippen LogP contribution in [0.3, 0.4) is 0 Å². The van der Waals surface area contributed by atoms with E-state index in [-0.39, 0.29) is 5.91 Å². The molecule has 1 N–H and O–H groups in total. The Balaban J connectivity index is 1.65. The first-order valence-electron chi connectivity index (χ1n) is 8.21. The quantitative estimate of drug-likeness (QED) is 0.694. The summed E-state index contributed by atoms with van der Waals surface area (Å²) in [7, 11) is 1.60. The van der Waals surface area contributed by atoms with Gasteiger partial charge in [-0.1, -0.05) is 41.7 Å². The Morgan fingerprint density at radius 1 is 1.08 bits per heavy atom. The number of aryl methyl sites for hydroxylation is 1. The fraction of sp³-hybridized carbons (Fsp3) is 0.200. The van der Waals surface area contributed by atoms with Gasteiger partial charge in [0.15, 0.2) is 11.2 Å². The number of carbonyl (C=O) groups excluding carboxylic acids is 1. The van der Waals surface area contributed by atoms with Crippen LogP contribution in [0.5, 0.6) is 11.5 Å². The lowest BCUT2D eigenvalue weighted by atomic mass is 10.2. The molecule has 5 nitrogen and oxygen atoms in total. The topological polar surface area (TPSA) is 60.5 Å². The molecule has 0 aliphatic heterocycles. The van der Waals surface area contributed by atoms with E-state index in [1.165, 1.54) is 11.3 Å². The lowest BCUT2D eigenvalue weighted by molar-refractivity contribution is -0.122. The molecule has 0 saturated carbocycles. The molecule has 0 radical (unpaired) electrons. The minimum Gasteiger partial charge on any atom is -0.497 e. The van der Waals surface area contributed by atoms with Gasteiger partial charge in [0.05, 0.1) is 17.7 Å². The molecule has 1 atom stereocenters. The third-order valence-corrected chi connectivity index (χ3v) is 4.93. The van der Waals surface area contributed by atoms with Crippen LogP contribution in [0.4, 0.5) is 5.13 Å². The van der Waals surface area contributed by atoms with Crippen LogP contribution in [0, 0.1) is 6.92 Å². The van der Waals surface area contributed by atoms with E-state index in [9.17, 15) is 4.79 Å². The number of hydrogen-bond donors (Lipinski definition) is 1. The molecule has 0 aliphatic carbocycles. The number of nitrogens with one attached hydrogen (secondary N) is 1. The summed E-state index contributed by atoms with van der Waals surface area (Å²) in [5, 5.41) is 3.40. The van der Waals surface area contributed by atoms with Crippen molar-refractivity contribution in [2.45, 2.75) is 20.0 Å². The van der Waals surface area contributed by atoms with Gasteiger partial charge in [0, 0.05) is 0 Å². The lowest BCUT2D eigenvalue weighted by Gasteiger charge is -2.13. The van der Waals surface area contributed by atoms with Crippen LogP contribution in [0.1, 0.15) is 12.6 Å². The molecule has 3 aromatic rings. The first-order valence-corrected chi connectivity index (χ1v) is 9.03. The molecule has 1 amide bonds. The summed E-state index contributed by atoms with van der Waals surface area (Å²) < 4.78 is 10.8. The van der Waals surface area contributed by atoms with Crippen molar-refractivity contribution in [3.63, 3.8) is 0 Å². The maximum absolute atomic E-state index is 12.4. The molecule has 0 saturated heterocycles. The molecular formula is C20H20N2O3S. The summed E-state index contributed by atoms with van der Waals surface area (Å²) >= 11 is 1.45. The summed E-state index contributed by atoms with van der Waals surface area (Å²) in [5.74, 6) is 1.10. The predicted octanol–water partition coefficient (Wildman–Crippen LogP) is 4.53. The second kappa shape index (κ2) is 8.01. The molecule has 0 bridgehead atoms. The zero-order valence-electron chi connectivity index (χ0n) is 14.9. The van der Waals surface area contributed by atoms with Gasteiger partial charge in [0.25, 0.3) is 5.91 Å². The molecule has 1 unspecified atom stereocenters. The normalized spacial score (nSPS) is 11.7. The van der Waals surface area contributed by atoms with Crippen molar-refractivity contribution in [2.75, 3.05) is 12.4 Å². The van der Waals surface area contributed by atoms with Crippen molar-refractivity contribution in [1.82, 2.24) is 4.98 Å². The lowest BCUT2D eigenvalue weighted by Crippen LogP contribution is -2.30. The summed E-state index contributed by atoms with van der Waals surface area (Å²) in [6, 6.07) is 17.1. The Kier molecular flexibility index (Phi) is 5.53. The van der Waals surface area contributed by atoms with E-state index in [0.29, 0.717) is 10.9 Å². The standard InChI is InChI=1S/C20H20N2O3S/c1-13-18(15-7-5-4-6-8-15)26-20(21-13)22-19(23)14(2)25-17-11-9-16(24-3)10-12-17/h4-12,14H,1-3H3,(H,21,22,23). The smallest absolute Gasteiger partial charge is 0.266 e. The minimum atomic E-state index is -0.646. The van der Waals surface area contributed by atoms with Crippen LogP contribution in [-0.4, -0.2) is 24.1 Å². The Morgan fingerprint density at radius 2 is 1.73 bits per heavy atom. The molecule has 134 valence electrons. The maximum Gasteiger partial charge on any atom is 0.266 e. The molecule has 0 fully saturated rings. The van der Waals surface area contributed by atoms with Crippen LogP contribution >= 0.6 is 11.3 Å². The van der Waals surface area contributed by atoms with Gasteiger partial charge in [-0.25, -0.2) is 4.98 Å². The number of rotatable bonds is 6. The van der Waals surface area contributed by atoms with Gasteiger partial charge in [-0.2, -0.15) is 0 Å². The molecule has 1 aromatic heterocycles. The number of hydrogen-bond acceptors (Lipinski definition) is 5. The maximum atomic E-state index is 12.4. The molecule has 1 heterocycles. The highest BCUT2D eigenvalue weighted by molar-refractivity contribution is 7.19. The SMILES string of the molecule is COc1ccc(OC(C)C(=O)Nc2nc(C)c(-c3ccccc3)s2)cc1. The second-order valence-corrected chi connectivity index (χ2v) is 6.72. The number of carbonyl (C=O) groups is 1. The van der Waals surface area contributed by atoms with Gasteiger partial charge in [0.1, 0.15) is 11.5 Å². The van der Waals surface area contributed by atoms with Crippen LogP contribution in [0.25, 0.3) is 10.4 Å². The monoisotopic (exact) mass is 368 g/mol. The van der Waals surface area contributed by atoms with Gasteiger partial charge < -0.3 is 9.47 Å². The number of aromatic nitrogens is 1. The zero-order chi connectivity index (χ0) is 18.5. The van der Waals surface area contributed by atoms with Crippen molar-refractivity contribution in [2.24, 2.45) is 0 Å². The summed E-state index contributed by atoms with van der Waals surface area (Å²) in [5.41, 5.74) is 1.98. The predicted molar refractivity (Wildman–Crippen MR) is 104 cm³/mol. The van der Waals surface area contributed by atoms with E-state index in [2.05, 4.69) is 10.3 Å². The fourth-order valence-electron chi connectivity index (χ4n) is 2.43. The van der Waals surface area contributed by atoms with Gasteiger partial charge in [-0.15, -0.1) is 0 Å². The number of amides is 1. The molecule has 26 heavy (non-hydrogen) atoms. The Bertz CT molecular complexity index is 876. The number of thiazole rings is 1. The Morgan fingerprint density at radius 3 is 2.38 bits per heavy atom. The van der Waals surface area contributed by atoms with E-state index in [0.717, 1.165) is 21.9 Å². The first kappa shape index (κ1) is 17.9. The van der Waals surface area contributed by atoms with E-state index < -0.39 is 6.10 Å². The number of benzene rings is 2. The Hall–Kier alpha value is -2.86. The number of nitrogens with zero attached hydrogens (tertiary/aromatic N) is 1. The van der Waals surface area contributed by atoms with Crippen molar-refractivity contribution >= 4 is 22.4 Å². The molecule has 6 heteroatoms. The van der Waals surface area contributed by atoms with Crippen molar-refractivity contribution in [3.8, 4) is 21.9 Å². The molecule has 0 aliphatic rings. The zero-order valence-corrected chi connectivity index (χ0v) is 15.7. The van der Waals surface area contributed by atoms with E-state index in [4.69, 9.17) is 9.47 Å². The number of methoxy groups -OCH3 is 1.